The molecule has 1 atom stereocenters. The van der Waals surface area contributed by atoms with Crippen LogP contribution in [0.4, 0.5) is 0 Å². The molecule has 2 N–H and O–H groups in total. The molecule has 0 amide bonds. The van der Waals surface area contributed by atoms with Gasteiger partial charge in [-0.3, -0.25) is 0 Å². The molecule has 0 aliphatic rings. The van der Waals surface area contributed by atoms with Crippen LogP contribution in [-0.2, 0) is 6.42 Å². The predicted molar refractivity (Wildman–Crippen MR) is 49.4 cm³/mol. The standard InChI is InChI=1S/C7H10BrNS/c1-5(9)4-6-2-3-7(8)10-6/h2-3,5H,4,9H2,1H3. The summed E-state index contributed by atoms with van der Waals surface area (Å²) in [6, 6.07) is 4.44. The lowest BCUT2D eigenvalue weighted by molar-refractivity contribution is 0.746. The fraction of sp³-hybridized carbons (Fsp3) is 0.429. The molecule has 1 rings (SSSR count). The van der Waals surface area contributed by atoms with Gasteiger partial charge in [0.1, 0.15) is 0 Å². The minimum atomic E-state index is 0.269. The fourth-order valence-corrected chi connectivity index (χ4v) is 2.40. The Labute approximate surface area is 73.4 Å². The summed E-state index contributed by atoms with van der Waals surface area (Å²) in [5.74, 6) is 0. The number of hydrogen-bond donors (Lipinski definition) is 1. The Balaban J connectivity index is 2.58. The van der Waals surface area contributed by atoms with Crippen LogP contribution in [0.3, 0.4) is 0 Å². The Morgan fingerprint density at radius 3 is 2.80 bits per heavy atom. The maximum Gasteiger partial charge on any atom is 0.0701 e. The van der Waals surface area contributed by atoms with Crippen molar-refractivity contribution in [2.24, 2.45) is 5.73 Å². The molecule has 10 heavy (non-hydrogen) atoms. The van der Waals surface area contributed by atoms with Gasteiger partial charge in [-0.1, -0.05) is 0 Å². The summed E-state index contributed by atoms with van der Waals surface area (Å²) in [5, 5.41) is 0. The third-order valence-electron chi connectivity index (χ3n) is 1.15. The lowest BCUT2D eigenvalue weighted by atomic mass is 10.2. The maximum absolute atomic E-state index is 5.63. The highest BCUT2D eigenvalue weighted by Crippen LogP contribution is 2.22. The van der Waals surface area contributed by atoms with E-state index in [1.165, 1.54) is 8.66 Å². The first-order valence-electron chi connectivity index (χ1n) is 3.18. The first-order valence-corrected chi connectivity index (χ1v) is 4.79. The molecule has 56 valence electrons. The van der Waals surface area contributed by atoms with Crippen LogP contribution in [0.1, 0.15) is 11.8 Å². The van der Waals surface area contributed by atoms with Gasteiger partial charge in [-0.2, -0.15) is 0 Å². The van der Waals surface area contributed by atoms with Gasteiger partial charge in [-0.25, -0.2) is 0 Å². The minimum absolute atomic E-state index is 0.269. The first-order chi connectivity index (χ1) is 4.68. The average molecular weight is 220 g/mol. The van der Waals surface area contributed by atoms with Gasteiger partial charge in [0.2, 0.25) is 0 Å². The van der Waals surface area contributed by atoms with Crippen molar-refractivity contribution in [2.75, 3.05) is 0 Å². The molecule has 0 saturated carbocycles. The van der Waals surface area contributed by atoms with Crippen LogP contribution >= 0.6 is 27.3 Å². The predicted octanol–water partition coefficient (Wildman–Crippen LogP) is 2.40. The van der Waals surface area contributed by atoms with Gasteiger partial charge >= 0.3 is 0 Å². The number of halogens is 1. The summed E-state index contributed by atoms with van der Waals surface area (Å²) < 4.78 is 1.18. The fourth-order valence-electron chi connectivity index (χ4n) is 0.779. The van der Waals surface area contributed by atoms with E-state index in [1.54, 1.807) is 11.3 Å². The van der Waals surface area contributed by atoms with Gasteiger partial charge < -0.3 is 5.73 Å². The highest BCUT2D eigenvalue weighted by Gasteiger charge is 1.99. The number of thiophene rings is 1. The van der Waals surface area contributed by atoms with E-state index >= 15 is 0 Å². The third-order valence-corrected chi connectivity index (χ3v) is 2.80. The third kappa shape index (κ3) is 2.40. The highest BCUT2D eigenvalue weighted by molar-refractivity contribution is 9.11. The van der Waals surface area contributed by atoms with Crippen LogP contribution in [0.15, 0.2) is 15.9 Å². The molecule has 1 nitrogen and oxygen atoms in total. The molecule has 1 unspecified atom stereocenters. The number of nitrogens with two attached hydrogens (primary N) is 1. The molecule has 0 radical (unpaired) electrons. The SMILES string of the molecule is CC(N)Cc1ccc(Br)s1. The Kier molecular flexibility index (Phi) is 2.89. The zero-order valence-corrected chi connectivity index (χ0v) is 8.21. The van der Waals surface area contributed by atoms with E-state index in [9.17, 15) is 0 Å². The normalized spacial score (nSPS) is 13.5. The highest BCUT2D eigenvalue weighted by atomic mass is 79.9. The van der Waals surface area contributed by atoms with E-state index in [1.807, 2.05) is 6.92 Å². The average Bonchev–Trinajstić information content (AvgIpc) is 2.13. The Morgan fingerprint density at radius 1 is 1.70 bits per heavy atom. The van der Waals surface area contributed by atoms with E-state index in [-0.39, 0.29) is 6.04 Å². The second-order valence-corrected chi connectivity index (χ2v) is 4.93. The summed E-state index contributed by atoms with van der Waals surface area (Å²) in [7, 11) is 0. The van der Waals surface area contributed by atoms with E-state index in [0.717, 1.165) is 6.42 Å². The lowest BCUT2D eigenvalue weighted by Gasteiger charge is -1.99. The van der Waals surface area contributed by atoms with Crippen LogP contribution in [-0.4, -0.2) is 6.04 Å². The summed E-state index contributed by atoms with van der Waals surface area (Å²) in [6.07, 6.45) is 0.982. The van der Waals surface area contributed by atoms with Crippen molar-refractivity contribution in [2.45, 2.75) is 19.4 Å². The van der Waals surface area contributed by atoms with Crippen molar-refractivity contribution in [1.29, 1.82) is 0 Å². The largest absolute Gasteiger partial charge is 0.328 e. The second-order valence-electron chi connectivity index (χ2n) is 2.39. The van der Waals surface area contributed by atoms with Crippen LogP contribution in [0.2, 0.25) is 0 Å². The van der Waals surface area contributed by atoms with Crippen molar-refractivity contribution >= 4 is 27.3 Å². The lowest BCUT2D eigenvalue weighted by Crippen LogP contribution is -2.16. The number of hydrogen-bond acceptors (Lipinski definition) is 2. The Bertz CT molecular complexity index is 207. The summed E-state index contributed by atoms with van der Waals surface area (Å²) in [6.45, 7) is 2.02. The Morgan fingerprint density at radius 2 is 2.40 bits per heavy atom. The summed E-state index contributed by atoms with van der Waals surface area (Å²) in [5.41, 5.74) is 5.63. The van der Waals surface area contributed by atoms with E-state index in [2.05, 4.69) is 28.1 Å². The monoisotopic (exact) mass is 219 g/mol. The molecule has 0 aliphatic carbocycles. The molecule has 0 saturated heterocycles. The molecule has 1 aromatic heterocycles. The molecule has 0 fully saturated rings. The molecule has 0 spiro atoms. The van der Waals surface area contributed by atoms with E-state index in [4.69, 9.17) is 5.73 Å². The van der Waals surface area contributed by atoms with Crippen molar-refractivity contribution in [3.05, 3.63) is 20.8 Å². The molecule has 0 aromatic carbocycles. The van der Waals surface area contributed by atoms with Gasteiger partial charge in [0.25, 0.3) is 0 Å². The van der Waals surface area contributed by atoms with Gasteiger partial charge in [0.05, 0.1) is 3.79 Å². The molecular weight excluding hydrogens is 210 g/mol. The van der Waals surface area contributed by atoms with Crippen LogP contribution in [0, 0.1) is 0 Å². The van der Waals surface area contributed by atoms with Gasteiger partial charge in [0, 0.05) is 10.9 Å². The van der Waals surface area contributed by atoms with Gasteiger partial charge in [-0.15, -0.1) is 11.3 Å². The topological polar surface area (TPSA) is 26.0 Å². The zero-order chi connectivity index (χ0) is 7.56. The van der Waals surface area contributed by atoms with Crippen LogP contribution < -0.4 is 5.73 Å². The van der Waals surface area contributed by atoms with E-state index in [0.29, 0.717) is 0 Å². The maximum atomic E-state index is 5.63. The molecule has 1 aromatic rings. The molecular formula is C7H10BrNS. The van der Waals surface area contributed by atoms with Crippen molar-refractivity contribution in [1.82, 2.24) is 0 Å². The summed E-state index contributed by atoms with van der Waals surface area (Å²) in [4.78, 5) is 1.35. The first kappa shape index (κ1) is 8.24. The molecule has 0 aliphatic heterocycles. The van der Waals surface area contributed by atoms with Crippen molar-refractivity contribution in [3.63, 3.8) is 0 Å². The number of rotatable bonds is 2. The Hall–Kier alpha value is 0.140. The van der Waals surface area contributed by atoms with Crippen molar-refractivity contribution in [3.8, 4) is 0 Å². The quantitative estimate of drug-likeness (QED) is 0.813. The van der Waals surface area contributed by atoms with Crippen LogP contribution in [0.5, 0.6) is 0 Å². The van der Waals surface area contributed by atoms with Gasteiger partial charge in [-0.05, 0) is 41.4 Å². The van der Waals surface area contributed by atoms with Gasteiger partial charge in [0.15, 0.2) is 0 Å². The molecule has 3 heteroatoms. The minimum Gasteiger partial charge on any atom is -0.328 e. The smallest absolute Gasteiger partial charge is 0.0701 e. The second kappa shape index (κ2) is 3.51. The zero-order valence-electron chi connectivity index (χ0n) is 5.80. The van der Waals surface area contributed by atoms with E-state index < -0.39 is 0 Å². The molecule has 1 heterocycles. The van der Waals surface area contributed by atoms with Crippen molar-refractivity contribution < 1.29 is 0 Å². The summed E-state index contributed by atoms with van der Waals surface area (Å²) >= 11 is 5.15. The molecule has 0 bridgehead atoms. The van der Waals surface area contributed by atoms with Crippen LogP contribution in [0.25, 0.3) is 0 Å².